The summed E-state index contributed by atoms with van der Waals surface area (Å²) in [6.07, 6.45) is 3.73. The van der Waals surface area contributed by atoms with E-state index in [2.05, 4.69) is 40.3 Å². The van der Waals surface area contributed by atoms with Crippen molar-refractivity contribution in [1.29, 1.82) is 0 Å². The molecule has 2 nitrogen and oxygen atoms in total. The van der Waals surface area contributed by atoms with E-state index in [1.807, 2.05) is 0 Å². The fourth-order valence-corrected chi connectivity index (χ4v) is 2.91. The monoisotopic (exact) mass is 281 g/mol. The molecule has 0 saturated heterocycles. The van der Waals surface area contributed by atoms with Crippen LogP contribution in [0.25, 0.3) is 0 Å². The third-order valence-corrected chi connectivity index (χ3v) is 4.05. The van der Waals surface area contributed by atoms with Crippen molar-refractivity contribution in [3.05, 3.63) is 27.7 Å². The van der Waals surface area contributed by atoms with Gasteiger partial charge in [0.1, 0.15) is 5.75 Å². The van der Waals surface area contributed by atoms with Crippen LogP contribution in [0.5, 0.6) is 5.75 Å². The summed E-state index contributed by atoms with van der Waals surface area (Å²) in [7, 11) is 0. The van der Waals surface area contributed by atoms with E-state index in [9.17, 15) is 0 Å². The van der Waals surface area contributed by atoms with Crippen LogP contribution < -0.4 is 10.1 Å². The van der Waals surface area contributed by atoms with Crippen LogP contribution in [0.1, 0.15) is 36.4 Å². The summed E-state index contributed by atoms with van der Waals surface area (Å²) in [6.45, 7) is 2.94. The molecule has 0 bridgehead atoms. The van der Waals surface area contributed by atoms with E-state index in [4.69, 9.17) is 4.74 Å². The Balaban J connectivity index is 1.98. The minimum Gasteiger partial charge on any atom is -0.493 e. The molecule has 1 saturated carbocycles. The van der Waals surface area contributed by atoms with E-state index in [0.717, 1.165) is 24.8 Å². The highest BCUT2D eigenvalue weighted by molar-refractivity contribution is 9.10. The van der Waals surface area contributed by atoms with Gasteiger partial charge in [0.2, 0.25) is 0 Å². The van der Waals surface area contributed by atoms with Crippen LogP contribution in [0.2, 0.25) is 0 Å². The Bertz CT molecular complexity index is 415. The lowest BCUT2D eigenvalue weighted by molar-refractivity contribution is 0.249. The number of nitrogens with one attached hydrogen (secondary N) is 1. The maximum absolute atomic E-state index is 5.80. The van der Waals surface area contributed by atoms with Crippen molar-refractivity contribution in [2.24, 2.45) is 0 Å². The SMILES string of the molecule is Cc1ccc(Br)c2c1OCCC2NC1CC1. The quantitative estimate of drug-likeness (QED) is 0.898. The fraction of sp³-hybridized carbons (Fsp3) is 0.538. The molecule has 86 valence electrons. The van der Waals surface area contributed by atoms with Gasteiger partial charge in [0.05, 0.1) is 6.61 Å². The van der Waals surface area contributed by atoms with E-state index in [-0.39, 0.29) is 0 Å². The zero-order valence-electron chi connectivity index (χ0n) is 9.42. The van der Waals surface area contributed by atoms with Crippen LogP contribution in [-0.4, -0.2) is 12.6 Å². The van der Waals surface area contributed by atoms with Crippen molar-refractivity contribution in [2.75, 3.05) is 6.61 Å². The van der Waals surface area contributed by atoms with Crippen LogP contribution in [-0.2, 0) is 0 Å². The molecule has 1 atom stereocenters. The summed E-state index contributed by atoms with van der Waals surface area (Å²) in [5.74, 6) is 1.08. The topological polar surface area (TPSA) is 21.3 Å². The van der Waals surface area contributed by atoms with Crippen LogP contribution in [0.15, 0.2) is 16.6 Å². The molecule has 1 heterocycles. The molecule has 1 unspecified atom stereocenters. The second-order valence-corrected chi connectivity index (χ2v) is 5.59. The first kappa shape index (κ1) is 10.6. The first-order chi connectivity index (χ1) is 7.75. The molecular formula is C13H16BrNO. The summed E-state index contributed by atoms with van der Waals surface area (Å²) in [4.78, 5) is 0. The van der Waals surface area contributed by atoms with Crippen LogP contribution in [0.4, 0.5) is 0 Å². The van der Waals surface area contributed by atoms with Gasteiger partial charge < -0.3 is 10.1 Å². The minimum atomic E-state index is 0.463. The van der Waals surface area contributed by atoms with Crippen LogP contribution in [0.3, 0.4) is 0 Å². The number of aryl methyl sites for hydroxylation is 1. The van der Waals surface area contributed by atoms with Crippen molar-refractivity contribution in [3.8, 4) is 5.75 Å². The Morgan fingerprint density at radius 3 is 2.88 bits per heavy atom. The van der Waals surface area contributed by atoms with E-state index >= 15 is 0 Å². The second-order valence-electron chi connectivity index (χ2n) is 4.74. The fourth-order valence-electron chi connectivity index (χ4n) is 2.33. The molecular weight excluding hydrogens is 266 g/mol. The van der Waals surface area contributed by atoms with Gasteiger partial charge in [-0.25, -0.2) is 0 Å². The van der Waals surface area contributed by atoms with E-state index in [1.54, 1.807) is 0 Å². The van der Waals surface area contributed by atoms with Crippen molar-refractivity contribution in [3.63, 3.8) is 0 Å². The summed E-state index contributed by atoms with van der Waals surface area (Å²) in [5, 5.41) is 3.71. The number of rotatable bonds is 2. The first-order valence-electron chi connectivity index (χ1n) is 5.93. The molecule has 3 rings (SSSR count). The number of hydrogen-bond acceptors (Lipinski definition) is 2. The highest BCUT2D eigenvalue weighted by Crippen LogP contribution is 2.41. The standard InChI is InChI=1S/C13H16BrNO/c1-8-2-5-10(14)12-11(15-9-3-4-9)6-7-16-13(8)12/h2,5,9,11,15H,3-4,6-7H2,1H3. The van der Waals surface area contributed by atoms with Gasteiger partial charge in [-0.05, 0) is 31.4 Å². The van der Waals surface area contributed by atoms with Crippen LogP contribution >= 0.6 is 15.9 Å². The average Bonchev–Trinajstić information content (AvgIpc) is 3.08. The zero-order valence-corrected chi connectivity index (χ0v) is 11.0. The van der Waals surface area contributed by atoms with Gasteiger partial charge in [-0.3, -0.25) is 0 Å². The van der Waals surface area contributed by atoms with Gasteiger partial charge in [0.25, 0.3) is 0 Å². The number of benzene rings is 1. The van der Waals surface area contributed by atoms with Gasteiger partial charge in [-0.2, -0.15) is 0 Å². The lowest BCUT2D eigenvalue weighted by Gasteiger charge is -2.29. The highest BCUT2D eigenvalue weighted by Gasteiger charge is 2.30. The molecule has 0 aromatic heterocycles. The molecule has 1 fully saturated rings. The van der Waals surface area contributed by atoms with Crippen molar-refractivity contribution < 1.29 is 4.74 Å². The Labute approximate surface area is 105 Å². The Morgan fingerprint density at radius 2 is 2.12 bits per heavy atom. The summed E-state index contributed by atoms with van der Waals surface area (Å²) < 4.78 is 6.97. The lowest BCUT2D eigenvalue weighted by Crippen LogP contribution is -2.29. The van der Waals surface area contributed by atoms with E-state index < -0.39 is 0 Å². The highest BCUT2D eigenvalue weighted by atomic mass is 79.9. The van der Waals surface area contributed by atoms with Gasteiger partial charge in [-0.1, -0.05) is 22.0 Å². The molecule has 1 aliphatic heterocycles. The molecule has 2 aliphatic rings. The van der Waals surface area contributed by atoms with Crippen molar-refractivity contribution >= 4 is 15.9 Å². The number of hydrogen-bond donors (Lipinski definition) is 1. The Morgan fingerprint density at radius 1 is 1.31 bits per heavy atom. The largest absolute Gasteiger partial charge is 0.493 e. The van der Waals surface area contributed by atoms with Crippen molar-refractivity contribution in [2.45, 2.75) is 38.3 Å². The van der Waals surface area contributed by atoms with Crippen molar-refractivity contribution in [1.82, 2.24) is 5.32 Å². The summed E-state index contributed by atoms with van der Waals surface area (Å²) in [5.41, 5.74) is 2.55. The third-order valence-electron chi connectivity index (χ3n) is 3.36. The summed E-state index contributed by atoms with van der Waals surface area (Å²) in [6, 6.07) is 5.45. The van der Waals surface area contributed by atoms with E-state index in [1.165, 1.54) is 28.4 Å². The number of fused-ring (bicyclic) bond motifs is 1. The average molecular weight is 282 g/mol. The van der Waals surface area contributed by atoms with Gasteiger partial charge in [0, 0.05) is 28.5 Å². The number of ether oxygens (including phenoxy) is 1. The van der Waals surface area contributed by atoms with Gasteiger partial charge in [0.15, 0.2) is 0 Å². The molecule has 1 N–H and O–H groups in total. The molecule has 0 amide bonds. The summed E-state index contributed by atoms with van der Waals surface area (Å²) >= 11 is 3.65. The van der Waals surface area contributed by atoms with Crippen LogP contribution in [0, 0.1) is 6.92 Å². The van der Waals surface area contributed by atoms with Gasteiger partial charge in [-0.15, -0.1) is 0 Å². The molecule has 0 spiro atoms. The minimum absolute atomic E-state index is 0.463. The van der Waals surface area contributed by atoms with E-state index in [0.29, 0.717) is 6.04 Å². The Kier molecular flexibility index (Phi) is 2.68. The maximum atomic E-state index is 5.80. The zero-order chi connectivity index (χ0) is 11.1. The Hall–Kier alpha value is -0.540. The molecule has 16 heavy (non-hydrogen) atoms. The smallest absolute Gasteiger partial charge is 0.128 e. The van der Waals surface area contributed by atoms with Gasteiger partial charge >= 0.3 is 0 Å². The normalized spacial score (nSPS) is 23.8. The molecule has 1 aromatic rings. The molecule has 3 heteroatoms. The number of halogens is 1. The predicted octanol–water partition coefficient (Wildman–Crippen LogP) is 3.33. The lowest BCUT2D eigenvalue weighted by atomic mass is 9.98. The first-order valence-corrected chi connectivity index (χ1v) is 6.73. The third kappa shape index (κ3) is 1.87. The molecule has 1 aliphatic carbocycles. The predicted molar refractivity (Wildman–Crippen MR) is 67.9 cm³/mol. The molecule has 1 aromatic carbocycles. The second kappa shape index (κ2) is 4.04. The molecule has 0 radical (unpaired) electrons. The maximum Gasteiger partial charge on any atom is 0.128 e.